The van der Waals surface area contributed by atoms with Crippen LogP contribution in [0.15, 0.2) is 12.5 Å². The first-order valence-corrected chi connectivity index (χ1v) is 14.4. The normalized spacial score (nSPS) is 42.7. The summed E-state index contributed by atoms with van der Waals surface area (Å²) in [6, 6.07) is 0. The number of hydrogen-bond acceptors (Lipinski definition) is 3. The van der Waals surface area contributed by atoms with E-state index in [9.17, 15) is 5.11 Å². The quantitative estimate of drug-likeness (QED) is 0.281. The SMILES string of the molecule is C=C(NCC(C)(C)O)OCCCC1CCC2C3C[C@H](CC)C4CCCCC4(C)[C@H]3CC[C@]12C. The maximum atomic E-state index is 9.86. The average Bonchev–Trinajstić information content (AvgIpc) is 3.10. The molecule has 0 heterocycles. The summed E-state index contributed by atoms with van der Waals surface area (Å²) in [5.74, 6) is 6.39. The van der Waals surface area contributed by atoms with Gasteiger partial charge in [-0.05, 0) is 125 Å². The Kier molecular flexibility index (Phi) is 7.50. The molecule has 0 aromatic heterocycles. The lowest BCUT2D eigenvalue weighted by atomic mass is 9.42. The molecular weight excluding hydrogens is 406 g/mol. The highest BCUT2D eigenvalue weighted by molar-refractivity contribution is 5.10. The van der Waals surface area contributed by atoms with Crippen LogP contribution < -0.4 is 5.32 Å². The minimum atomic E-state index is -0.747. The monoisotopic (exact) mass is 459 g/mol. The fourth-order valence-corrected chi connectivity index (χ4v) is 9.49. The van der Waals surface area contributed by atoms with Crippen LogP contribution in [-0.2, 0) is 4.74 Å². The number of hydrogen-bond donors (Lipinski definition) is 2. The molecule has 4 aliphatic carbocycles. The predicted molar refractivity (Wildman–Crippen MR) is 138 cm³/mol. The van der Waals surface area contributed by atoms with Crippen molar-refractivity contribution in [2.75, 3.05) is 13.2 Å². The Morgan fingerprint density at radius 2 is 1.79 bits per heavy atom. The maximum Gasteiger partial charge on any atom is 0.179 e. The maximum absolute atomic E-state index is 9.86. The summed E-state index contributed by atoms with van der Waals surface area (Å²) in [5.41, 5.74) is 0.433. The van der Waals surface area contributed by atoms with Crippen molar-refractivity contribution in [3.63, 3.8) is 0 Å². The largest absolute Gasteiger partial charge is 0.480 e. The zero-order valence-electron chi connectivity index (χ0n) is 22.4. The van der Waals surface area contributed by atoms with Crippen molar-refractivity contribution < 1.29 is 9.84 Å². The van der Waals surface area contributed by atoms with Crippen molar-refractivity contribution in [1.29, 1.82) is 0 Å². The van der Waals surface area contributed by atoms with E-state index in [0.717, 1.165) is 48.5 Å². The van der Waals surface area contributed by atoms with Crippen LogP contribution in [-0.4, -0.2) is 23.9 Å². The first kappa shape index (κ1) is 25.4. The first-order chi connectivity index (χ1) is 15.6. The molecule has 8 atom stereocenters. The first-order valence-electron chi connectivity index (χ1n) is 14.4. The van der Waals surface area contributed by atoms with E-state index in [1.54, 1.807) is 13.8 Å². The molecule has 4 aliphatic rings. The van der Waals surface area contributed by atoms with Crippen LogP contribution in [0.3, 0.4) is 0 Å². The van der Waals surface area contributed by atoms with E-state index in [-0.39, 0.29) is 0 Å². The van der Waals surface area contributed by atoms with Gasteiger partial charge < -0.3 is 15.2 Å². The van der Waals surface area contributed by atoms with Gasteiger partial charge in [0.2, 0.25) is 0 Å². The molecule has 190 valence electrons. The van der Waals surface area contributed by atoms with Crippen molar-refractivity contribution >= 4 is 0 Å². The molecule has 0 spiro atoms. The van der Waals surface area contributed by atoms with Gasteiger partial charge in [0.15, 0.2) is 5.88 Å². The molecule has 33 heavy (non-hydrogen) atoms. The highest BCUT2D eigenvalue weighted by Crippen LogP contribution is 2.69. The van der Waals surface area contributed by atoms with Gasteiger partial charge in [0, 0.05) is 6.54 Å². The number of ether oxygens (including phenoxy) is 1. The smallest absolute Gasteiger partial charge is 0.179 e. The van der Waals surface area contributed by atoms with E-state index in [1.165, 1.54) is 70.6 Å². The minimum absolute atomic E-state index is 0.468. The number of fused-ring (bicyclic) bond motifs is 5. The van der Waals surface area contributed by atoms with Crippen LogP contribution in [0.2, 0.25) is 0 Å². The van der Waals surface area contributed by atoms with Gasteiger partial charge in [-0.25, -0.2) is 0 Å². The van der Waals surface area contributed by atoms with E-state index < -0.39 is 5.60 Å². The van der Waals surface area contributed by atoms with Gasteiger partial charge in [-0.3, -0.25) is 0 Å². The zero-order valence-corrected chi connectivity index (χ0v) is 22.4. The summed E-state index contributed by atoms with van der Waals surface area (Å²) in [4.78, 5) is 0. The van der Waals surface area contributed by atoms with Crippen LogP contribution >= 0.6 is 0 Å². The summed E-state index contributed by atoms with van der Waals surface area (Å²) in [7, 11) is 0. The third-order valence-electron chi connectivity index (χ3n) is 11.2. The Labute approximate surface area is 204 Å². The molecule has 0 aliphatic heterocycles. The lowest BCUT2D eigenvalue weighted by molar-refractivity contribution is -0.136. The fraction of sp³-hybridized carbons (Fsp3) is 0.933. The molecular formula is C30H53NO2. The van der Waals surface area contributed by atoms with E-state index in [0.29, 0.717) is 23.3 Å². The van der Waals surface area contributed by atoms with Crippen LogP contribution in [0.4, 0.5) is 0 Å². The Morgan fingerprint density at radius 3 is 2.52 bits per heavy atom. The predicted octanol–water partition coefficient (Wildman–Crippen LogP) is 7.30. The van der Waals surface area contributed by atoms with E-state index in [4.69, 9.17) is 4.74 Å². The highest BCUT2D eigenvalue weighted by Gasteiger charge is 2.60. The standard InChI is InChI=1S/C30H53NO2/c1-7-22-19-24-26-14-13-23(11-10-18-33-21(2)31-20-28(3,4)32)29(26,5)17-15-27(24)30(6)16-9-8-12-25(22)30/h22-27,31-32H,2,7-20H2,1,3-6H3/t22-,23?,24?,25?,26?,27-,29+,30?/m0/s1. The molecule has 5 unspecified atom stereocenters. The lowest BCUT2D eigenvalue weighted by Gasteiger charge is -2.62. The van der Waals surface area contributed by atoms with Gasteiger partial charge in [-0.2, -0.15) is 0 Å². The second kappa shape index (κ2) is 9.75. The van der Waals surface area contributed by atoms with Crippen LogP contribution in [0, 0.1) is 46.3 Å². The number of aliphatic hydroxyl groups is 1. The van der Waals surface area contributed by atoms with Gasteiger partial charge in [-0.1, -0.05) is 40.0 Å². The molecule has 0 bridgehead atoms. The highest BCUT2D eigenvalue weighted by atomic mass is 16.5. The van der Waals surface area contributed by atoms with Crippen molar-refractivity contribution in [1.82, 2.24) is 5.32 Å². The summed E-state index contributed by atoms with van der Waals surface area (Å²) >= 11 is 0. The van der Waals surface area contributed by atoms with Gasteiger partial charge in [0.05, 0.1) is 12.2 Å². The van der Waals surface area contributed by atoms with Gasteiger partial charge in [0.1, 0.15) is 0 Å². The zero-order chi connectivity index (χ0) is 23.9. The lowest BCUT2D eigenvalue weighted by Crippen LogP contribution is -2.55. The van der Waals surface area contributed by atoms with Crippen molar-refractivity contribution in [2.24, 2.45) is 46.3 Å². The molecule has 0 aromatic carbocycles. The Hall–Kier alpha value is -0.700. The molecule has 4 rings (SSSR count). The molecule has 2 N–H and O–H groups in total. The molecule has 0 saturated heterocycles. The van der Waals surface area contributed by atoms with Gasteiger partial charge in [-0.15, -0.1) is 0 Å². The van der Waals surface area contributed by atoms with E-state index in [2.05, 4.69) is 32.7 Å². The second-order valence-electron chi connectivity index (χ2n) is 13.5. The summed E-state index contributed by atoms with van der Waals surface area (Å²) in [6.45, 7) is 16.6. The van der Waals surface area contributed by atoms with Crippen molar-refractivity contribution in [3.8, 4) is 0 Å². The molecule has 0 radical (unpaired) electrons. The van der Waals surface area contributed by atoms with Crippen molar-refractivity contribution in [2.45, 2.75) is 117 Å². The minimum Gasteiger partial charge on any atom is -0.480 e. The fourth-order valence-electron chi connectivity index (χ4n) is 9.49. The average molecular weight is 460 g/mol. The molecule has 0 aromatic rings. The Morgan fingerprint density at radius 1 is 1.03 bits per heavy atom. The van der Waals surface area contributed by atoms with E-state index in [1.807, 2.05) is 0 Å². The van der Waals surface area contributed by atoms with E-state index >= 15 is 0 Å². The van der Waals surface area contributed by atoms with Crippen LogP contribution in [0.1, 0.15) is 112 Å². The number of rotatable bonds is 9. The van der Waals surface area contributed by atoms with Crippen LogP contribution in [0.5, 0.6) is 0 Å². The Balaban J connectivity index is 1.33. The molecule has 3 nitrogen and oxygen atoms in total. The Bertz CT molecular complexity index is 683. The second-order valence-corrected chi connectivity index (χ2v) is 13.5. The van der Waals surface area contributed by atoms with Crippen LogP contribution in [0.25, 0.3) is 0 Å². The molecule has 3 heteroatoms. The molecule has 4 saturated carbocycles. The van der Waals surface area contributed by atoms with Crippen molar-refractivity contribution in [3.05, 3.63) is 12.5 Å². The molecule has 0 amide bonds. The van der Waals surface area contributed by atoms with Gasteiger partial charge in [0.25, 0.3) is 0 Å². The summed E-state index contributed by atoms with van der Waals surface area (Å²) < 4.78 is 5.84. The molecule has 4 fully saturated rings. The van der Waals surface area contributed by atoms with Gasteiger partial charge >= 0.3 is 0 Å². The summed E-state index contributed by atoms with van der Waals surface area (Å²) in [5, 5.41) is 13.0. The third kappa shape index (κ3) is 5.00. The topological polar surface area (TPSA) is 41.5 Å². The number of nitrogens with one attached hydrogen (secondary N) is 1. The third-order valence-corrected chi connectivity index (χ3v) is 11.2. The summed E-state index contributed by atoms with van der Waals surface area (Å²) in [6.07, 6.45) is 17.2.